The summed E-state index contributed by atoms with van der Waals surface area (Å²) in [5.74, 6) is -1.18. The van der Waals surface area contributed by atoms with Gasteiger partial charge in [-0.25, -0.2) is 4.79 Å². The van der Waals surface area contributed by atoms with E-state index in [-0.39, 0.29) is 11.6 Å². The van der Waals surface area contributed by atoms with Gasteiger partial charge in [0.05, 0.1) is 0 Å². The van der Waals surface area contributed by atoms with E-state index in [0.29, 0.717) is 0 Å². The first-order valence-electron chi connectivity index (χ1n) is 4.39. The van der Waals surface area contributed by atoms with Gasteiger partial charge in [0.25, 0.3) is 0 Å². The fraction of sp³-hybridized carbons (Fsp3) is 0.400. The smallest absolute Gasteiger partial charge is 0.341 e. The molecule has 0 saturated carbocycles. The second-order valence-corrected chi connectivity index (χ2v) is 3.50. The van der Waals surface area contributed by atoms with Gasteiger partial charge in [-0.05, 0) is 20.8 Å². The van der Waals surface area contributed by atoms with Crippen molar-refractivity contribution >= 4 is 5.97 Å². The molecule has 4 heteroatoms. The summed E-state index contributed by atoms with van der Waals surface area (Å²) < 4.78 is 1.77. The molecular formula is C10H13NO3. The Bertz CT molecular complexity index is 418. The second-order valence-electron chi connectivity index (χ2n) is 3.50. The lowest BCUT2D eigenvalue weighted by Crippen LogP contribution is -2.19. The molecule has 0 aliphatic rings. The van der Waals surface area contributed by atoms with Crippen LogP contribution in [0.3, 0.4) is 0 Å². The first-order valence-corrected chi connectivity index (χ1v) is 4.39. The van der Waals surface area contributed by atoms with Gasteiger partial charge >= 0.3 is 5.97 Å². The topological polar surface area (TPSA) is 59.3 Å². The number of hydrogen-bond acceptors (Lipinski definition) is 2. The Hall–Kier alpha value is -1.58. The first kappa shape index (κ1) is 10.5. The molecule has 0 saturated heterocycles. The summed E-state index contributed by atoms with van der Waals surface area (Å²) in [7, 11) is 0. The molecule has 1 rings (SSSR count). The van der Waals surface area contributed by atoms with Crippen LogP contribution in [0, 0.1) is 6.92 Å². The molecule has 0 bridgehead atoms. The molecule has 0 radical (unpaired) electrons. The largest absolute Gasteiger partial charge is 0.477 e. The molecule has 14 heavy (non-hydrogen) atoms. The van der Waals surface area contributed by atoms with Crippen LogP contribution < -0.4 is 5.43 Å². The van der Waals surface area contributed by atoms with Crippen LogP contribution in [0.5, 0.6) is 0 Å². The lowest BCUT2D eigenvalue weighted by molar-refractivity contribution is 0.0694. The summed E-state index contributed by atoms with van der Waals surface area (Å²) in [5.41, 5.74) is 0.159. The number of rotatable bonds is 2. The molecule has 1 heterocycles. The Morgan fingerprint density at radius 1 is 1.50 bits per heavy atom. The van der Waals surface area contributed by atoms with Crippen LogP contribution in [-0.4, -0.2) is 15.6 Å². The maximum atomic E-state index is 11.3. The van der Waals surface area contributed by atoms with Crippen molar-refractivity contribution in [3.05, 3.63) is 33.7 Å². The molecule has 0 aromatic carbocycles. The van der Waals surface area contributed by atoms with Crippen LogP contribution >= 0.6 is 0 Å². The number of nitrogens with zero attached hydrogens (tertiary/aromatic N) is 1. The van der Waals surface area contributed by atoms with E-state index in [1.807, 2.05) is 13.8 Å². The molecule has 0 unspecified atom stereocenters. The van der Waals surface area contributed by atoms with Crippen molar-refractivity contribution in [3.8, 4) is 0 Å². The summed E-state index contributed by atoms with van der Waals surface area (Å²) in [4.78, 5) is 22.0. The van der Waals surface area contributed by atoms with Gasteiger partial charge in [0.15, 0.2) is 5.43 Å². The molecule has 1 N–H and O–H groups in total. The number of carboxylic acids is 1. The Balaban J connectivity index is 3.42. The number of aromatic carboxylic acids is 1. The predicted molar refractivity (Wildman–Crippen MR) is 52.8 cm³/mol. The second kappa shape index (κ2) is 3.65. The van der Waals surface area contributed by atoms with Gasteiger partial charge in [0.1, 0.15) is 5.56 Å². The lowest BCUT2D eigenvalue weighted by Gasteiger charge is -2.14. The highest BCUT2D eigenvalue weighted by Gasteiger charge is 2.11. The van der Waals surface area contributed by atoms with Gasteiger partial charge in [0, 0.05) is 24.0 Å². The zero-order chi connectivity index (χ0) is 10.9. The van der Waals surface area contributed by atoms with Crippen molar-refractivity contribution < 1.29 is 9.90 Å². The molecule has 1 aromatic heterocycles. The molecule has 0 atom stereocenters. The third-order valence-corrected chi connectivity index (χ3v) is 2.07. The number of aryl methyl sites for hydroxylation is 1. The minimum atomic E-state index is -1.18. The van der Waals surface area contributed by atoms with Gasteiger partial charge in [0.2, 0.25) is 0 Å². The lowest BCUT2D eigenvalue weighted by atomic mass is 10.2. The predicted octanol–water partition coefficient (Wildman–Crippen LogP) is 1.44. The highest BCUT2D eigenvalue weighted by atomic mass is 16.4. The van der Waals surface area contributed by atoms with Crippen LogP contribution in [0.4, 0.5) is 0 Å². The fourth-order valence-electron chi connectivity index (χ4n) is 1.36. The summed E-state index contributed by atoms with van der Waals surface area (Å²) in [6, 6.07) is 1.50. The zero-order valence-corrected chi connectivity index (χ0v) is 8.44. The van der Waals surface area contributed by atoms with Gasteiger partial charge < -0.3 is 9.67 Å². The molecule has 76 valence electrons. The van der Waals surface area contributed by atoms with Gasteiger partial charge in [-0.3, -0.25) is 4.79 Å². The van der Waals surface area contributed by atoms with Gasteiger partial charge in [-0.2, -0.15) is 0 Å². The van der Waals surface area contributed by atoms with E-state index in [2.05, 4.69) is 0 Å². The molecule has 0 spiro atoms. The number of carboxylic acid groups (broad SMARTS) is 1. The van der Waals surface area contributed by atoms with Crippen LogP contribution in [0.25, 0.3) is 0 Å². The maximum absolute atomic E-state index is 11.3. The van der Waals surface area contributed by atoms with Crippen molar-refractivity contribution in [2.24, 2.45) is 0 Å². The van der Waals surface area contributed by atoms with Crippen LogP contribution in [0.2, 0.25) is 0 Å². The number of pyridine rings is 1. The van der Waals surface area contributed by atoms with Crippen molar-refractivity contribution in [1.82, 2.24) is 4.57 Å². The summed E-state index contributed by atoms with van der Waals surface area (Å²) >= 11 is 0. The summed E-state index contributed by atoms with van der Waals surface area (Å²) in [6.07, 6.45) is 1.39. The highest BCUT2D eigenvalue weighted by Crippen LogP contribution is 2.08. The Morgan fingerprint density at radius 2 is 2.07 bits per heavy atom. The van der Waals surface area contributed by atoms with Gasteiger partial charge in [-0.1, -0.05) is 0 Å². The summed E-state index contributed by atoms with van der Waals surface area (Å²) in [5, 5.41) is 8.75. The number of hydrogen-bond donors (Lipinski definition) is 1. The van der Waals surface area contributed by atoms with E-state index in [1.165, 1.54) is 12.3 Å². The van der Waals surface area contributed by atoms with Crippen LogP contribution in [0.15, 0.2) is 17.1 Å². The quantitative estimate of drug-likeness (QED) is 0.776. The van der Waals surface area contributed by atoms with Crippen LogP contribution in [-0.2, 0) is 0 Å². The van der Waals surface area contributed by atoms with E-state index < -0.39 is 11.4 Å². The Morgan fingerprint density at radius 3 is 2.50 bits per heavy atom. The Labute approximate surface area is 81.8 Å². The molecule has 0 fully saturated rings. The molecule has 0 amide bonds. The van der Waals surface area contributed by atoms with Crippen molar-refractivity contribution in [1.29, 1.82) is 0 Å². The average molecular weight is 195 g/mol. The van der Waals surface area contributed by atoms with Crippen molar-refractivity contribution in [3.63, 3.8) is 0 Å². The maximum Gasteiger partial charge on any atom is 0.341 e. The van der Waals surface area contributed by atoms with Crippen LogP contribution in [0.1, 0.15) is 35.9 Å². The Kier molecular flexibility index (Phi) is 2.74. The molecule has 1 aromatic rings. The molecule has 0 aliphatic carbocycles. The van der Waals surface area contributed by atoms with E-state index in [1.54, 1.807) is 11.5 Å². The summed E-state index contributed by atoms with van der Waals surface area (Å²) in [6.45, 7) is 5.65. The first-order chi connectivity index (χ1) is 6.43. The standard InChI is InChI=1S/C10H13NO3/c1-6(2)11-5-8(10(13)14)9(12)4-7(11)3/h4-6H,1-3H3,(H,13,14). The normalized spacial score (nSPS) is 10.6. The molecule has 0 aliphatic heterocycles. The number of aromatic nitrogens is 1. The SMILES string of the molecule is Cc1cc(=O)c(C(=O)O)cn1C(C)C. The van der Waals surface area contributed by atoms with Crippen molar-refractivity contribution in [2.75, 3.05) is 0 Å². The monoisotopic (exact) mass is 195 g/mol. The molecular weight excluding hydrogens is 182 g/mol. The molecule has 4 nitrogen and oxygen atoms in total. The third kappa shape index (κ3) is 1.84. The van der Waals surface area contributed by atoms with E-state index >= 15 is 0 Å². The zero-order valence-electron chi connectivity index (χ0n) is 8.44. The highest BCUT2D eigenvalue weighted by molar-refractivity contribution is 5.87. The minimum Gasteiger partial charge on any atom is -0.477 e. The number of carbonyl (C=O) groups is 1. The third-order valence-electron chi connectivity index (χ3n) is 2.07. The minimum absolute atomic E-state index is 0.147. The van der Waals surface area contributed by atoms with Gasteiger partial charge in [-0.15, -0.1) is 0 Å². The van der Waals surface area contributed by atoms with E-state index in [4.69, 9.17) is 5.11 Å². The fourth-order valence-corrected chi connectivity index (χ4v) is 1.36. The van der Waals surface area contributed by atoms with E-state index in [0.717, 1.165) is 5.69 Å². The van der Waals surface area contributed by atoms with E-state index in [9.17, 15) is 9.59 Å². The average Bonchev–Trinajstić information content (AvgIpc) is 2.02. The van der Waals surface area contributed by atoms with Crippen molar-refractivity contribution in [2.45, 2.75) is 26.8 Å².